The summed E-state index contributed by atoms with van der Waals surface area (Å²) in [5.74, 6) is 0. The molecular weight excluding hydrogens is 256 g/mol. The number of fused-ring (bicyclic) bond motifs is 3. The van der Waals surface area contributed by atoms with Crippen LogP contribution in [0.4, 0.5) is 0 Å². The predicted molar refractivity (Wildman–Crippen MR) is 83.0 cm³/mol. The molecule has 0 bridgehead atoms. The van der Waals surface area contributed by atoms with E-state index in [9.17, 15) is 0 Å². The lowest BCUT2D eigenvalue weighted by molar-refractivity contribution is 0.727. The summed E-state index contributed by atoms with van der Waals surface area (Å²) in [7, 11) is 0. The van der Waals surface area contributed by atoms with Crippen molar-refractivity contribution in [2.24, 2.45) is 0 Å². The van der Waals surface area contributed by atoms with Crippen LogP contribution in [0.5, 0.6) is 0 Å². The van der Waals surface area contributed by atoms with Crippen LogP contribution in [0.2, 0.25) is 0 Å². The number of hydrogen-bond donors (Lipinski definition) is 2. The third-order valence-electron chi connectivity index (χ3n) is 3.61. The molecule has 2 aromatic carbocycles. The lowest BCUT2D eigenvalue weighted by atomic mass is 9.88. The van der Waals surface area contributed by atoms with Gasteiger partial charge in [-0.1, -0.05) is 12.1 Å². The fourth-order valence-electron chi connectivity index (χ4n) is 2.73. The Balaban J connectivity index is 2.22. The second-order valence-electron chi connectivity index (χ2n) is 4.89. The molecule has 1 aliphatic rings. The molecule has 0 N–H and O–H groups in total. The first-order chi connectivity index (χ1) is 8.74. The Bertz CT molecular complexity index is 534. The Hall–Kier alpha value is -0.860. The molecule has 0 heterocycles. The van der Waals surface area contributed by atoms with Crippen LogP contribution < -0.4 is 0 Å². The van der Waals surface area contributed by atoms with E-state index in [1.54, 1.807) is 0 Å². The number of benzene rings is 2. The van der Waals surface area contributed by atoms with E-state index < -0.39 is 0 Å². The molecule has 2 heteroatoms. The zero-order chi connectivity index (χ0) is 12.5. The second-order valence-corrected chi connectivity index (χ2v) is 5.92. The van der Waals surface area contributed by atoms with Crippen molar-refractivity contribution in [1.82, 2.24) is 0 Å². The van der Waals surface area contributed by atoms with E-state index in [2.05, 4.69) is 61.7 Å². The van der Waals surface area contributed by atoms with Crippen LogP contribution in [0.25, 0.3) is 11.1 Å². The maximum Gasteiger partial charge on any atom is 0.00431 e. The Labute approximate surface area is 119 Å². The molecule has 18 heavy (non-hydrogen) atoms. The minimum absolute atomic E-state index is 1.06. The molecule has 1 aliphatic carbocycles. The minimum Gasteiger partial charge on any atom is -0.143 e. The topological polar surface area (TPSA) is 0 Å². The van der Waals surface area contributed by atoms with Gasteiger partial charge in [-0.05, 0) is 72.2 Å². The molecular formula is C16H16S2. The fourth-order valence-corrected chi connectivity index (χ4v) is 3.19. The van der Waals surface area contributed by atoms with Crippen LogP contribution >= 0.6 is 25.3 Å². The van der Waals surface area contributed by atoms with Crippen LogP contribution in [0.15, 0.2) is 46.2 Å². The molecule has 2 aromatic rings. The van der Waals surface area contributed by atoms with Crippen molar-refractivity contribution in [3.8, 4) is 11.1 Å². The summed E-state index contributed by atoms with van der Waals surface area (Å²) < 4.78 is 0. The highest BCUT2D eigenvalue weighted by atomic mass is 32.1. The van der Waals surface area contributed by atoms with Gasteiger partial charge in [0.2, 0.25) is 0 Å². The summed E-state index contributed by atoms with van der Waals surface area (Å²) in [6.07, 6.45) is 4.82. The number of rotatable bonds is 0. The van der Waals surface area contributed by atoms with Crippen molar-refractivity contribution in [2.45, 2.75) is 35.5 Å². The van der Waals surface area contributed by atoms with E-state index in [1.807, 2.05) is 0 Å². The van der Waals surface area contributed by atoms with Gasteiger partial charge < -0.3 is 0 Å². The maximum atomic E-state index is 4.45. The SMILES string of the molecule is Sc1ccc2c(c1)CCCCc1cc(S)ccc1-2. The molecule has 0 atom stereocenters. The molecule has 92 valence electrons. The van der Waals surface area contributed by atoms with E-state index >= 15 is 0 Å². The van der Waals surface area contributed by atoms with Gasteiger partial charge in [0.05, 0.1) is 0 Å². The van der Waals surface area contributed by atoms with E-state index in [0.717, 1.165) is 22.6 Å². The van der Waals surface area contributed by atoms with Gasteiger partial charge in [-0.2, -0.15) is 0 Å². The van der Waals surface area contributed by atoms with Crippen LogP contribution in [0.3, 0.4) is 0 Å². The zero-order valence-electron chi connectivity index (χ0n) is 10.2. The average Bonchev–Trinajstić information content (AvgIpc) is 2.33. The maximum absolute atomic E-state index is 4.45. The van der Waals surface area contributed by atoms with Crippen molar-refractivity contribution in [3.05, 3.63) is 47.5 Å². The van der Waals surface area contributed by atoms with Gasteiger partial charge in [0.1, 0.15) is 0 Å². The van der Waals surface area contributed by atoms with Gasteiger partial charge in [-0.15, -0.1) is 25.3 Å². The monoisotopic (exact) mass is 272 g/mol. The van der Waals surface area contributed by atoms with E-state index in [0.29, 0.717) is 0 Å². The van der Waals surface area contributed by atoms with Crippen molar-refractivity contribution >= 4 is 25.3 Å². The first-order valence-electron chi connectivity index (χ1n) is 6.38. The quantitative estimate of drug-likeness (QED) is 0.632. The summed E-state index contributed by atoms with van der Waals surface area (Å²) in [4.78, 5) is 2.11. The van der Waals surface area contributed by atoms with Crippen LogP contribution in [-0.2, 0) is 12.8 Å². The summed E-state index contributed by atoms with van der Waals surface area (Å²) in [5, 5.41) is 0. The Morgan fingerprint density at radius 2 is 1.11 bits per heavy atom. The van der Waals surface area contributed by atoms with Crippen LogP contribution in [-0.4, -0.2) is 0 Å². The lowest BCUT2D eigenvalue weighted by Gasteiger charge is -2.18. The highest BCUT2D eigenvalue weighted by Gasteiger charge is 2.13. The molecule has 3 rings (SSSR count). The molecule has 0 aromatic heterocycles. The molecule has 0 aliphatic heterocycles. The van der Waals surface area contributed by atoms with Gasteiger partial charge >= 0.3 is 0 Å². The highest BCUT2D eigenvalue weighted by Crippen LogP contribution is 2.33. The van der Waals surface area contributed by atoms with Crippen LogP contribution in [0, 0.1) is 0 Å². The summed E-state index contributed by atoms with van der Waals surface area (Å²) in [5.41, 5.74) is 5.59. The average molecular weight is 272 g/mol. The smallest absolute Gasteiger partial charge is 0.00431 e. The molecule has 0 saturated heterocycles. The molecule has 0 nitrogen and oxygen atoms in total. The third-order valence-corrected chi connectivity index (χ3v) is 4.17. The van der Waals surface area contributed by atoms with Gasteiger partial charge in [0.15, 0.2) is 0 Å². The first-order valence-corrected chi connectivity index (χ1v) is 7.27. The third kappa shape index (κ3) is 2.32. The molecule has 0 unspecified atom stereocenters. The van der Waals surface area contributed by atoms with Gasteiger partial charge in [0.25, 0.3) is 0 Å². The van der Waals surface area contributed by atoms with E-state index in [4.69, 9.17) is 0 Å². The van der Waals surface area contributed by atoms with E-state index in [-0.39, 0.29) is 0 Å². The normalized spacial score (nSPS) is 14.3. The lowest BCUT2D eigenvalue weighted by Crippen LogP contribution is -2.00. The van der Waals surface area contributed by atoms with Gasteiger partial charge in [0, 0.05) is 9.79 Å². The van der Waals surface area contributed by atoms with Crippen molar-refractivity contribution in [1.29, 1.82) is 0 Å². The molecule has 0 amide bonds. The minimum atomic E-state index is 1.06. The van der Waals surface area contributed by atoms with Gasteiger partial charge in [-0.25, -0.2) is 0 Å². The standard InChI is InChI=1S/C16H16S2/c17-13-5-7-15-11(9-13)3-1-2-4-12-10-14(18)6-8-16(12)15/h5-10,17-18H,1-4H2. The van der Waals surface area contributed by atoms with Gasteiger partial charge in [-0.3, -0.25) is 0 Å². The number of thiol groups is 2. The Morgan fingerprint density at radius 1 is 0.667 bits per heavy atom. The van der Waals surface area contributed by atoms with Crippen molar-refractivity contribution in [3.63, 3.8) is 0 Å². The summed E-state index contributed by atoms with van der Waals surface area (Å²) in [6.45, 7) is 0. The molecule has 0 spiro atoms. The molecule has 0 radical (unpaired) electrons. The second kappa shape index (κ2) is 5.02. The van der Waals surface area contributed by atoms with E-state index in [1.165, 1.54) is 35.1 Å². The highest BCUT2D eigenvalue weighted by molar-refractivity contribution is 7.80. The predicted octanol–water partition coefficient (Wildman–Crippen LogP) is 4.81. The van der Waals surface area contributed by atoms with Crippen LogP contribution in [0.1, 0.15) is 24.0 Å². The Kier molecular flexibility index (Phi) is 3.40. The number of hydrogen-bond acceptors (Lipinski definition) is 2. The number of aryl methyl sites for hydroxylation is 2. The van der Waals surface area contributed by atoms with Crippen molar-refractivity contribution in [2.75, 3.05) is 0 Å². The Morgan fingerprint density at radius 3 is 1.56 bits per heavy atom. The first kappa shape index (κ1) is 12.2. The van der Waals surface area contributed by atoms with Crippen molar-refractivity contribution < 1.29 is 0 Å². The fraction of sp³-hybridized carbons (Fsp3) is 0.250. The molecule has 0 fully saturated rings. The zero-order valence-corrected chi connectivity index (χ0v) is 12.0. The molecule has 0 saturated carbocycles. The summed E-state index contributed by atoms with van der Waals surface area (Å²) >= 11 is 8.91. The summed E-state index contributed by atoms with van der Waals surface area (Å²) in [6, 6.07) is 13.0. The largest absolute Gasteiger partial charge is 0.143 e.